The highest BCUT2D eigenvalue weighted by Gasteiger charge is 2.22. The number of rotatable bonds is 4. The van der Waals surface area contributed by atoms with Gasteiger partial charge in [0.1, 0.15) is 5.82 Å². The van der Waals surface area contributed by atoms with E-state index in [-0.39, 0.29) is 10.3 Å². The number of nitrogens with zero attached hydrogens (tertiary/aromatic N) is 2. The van der Waals surface area contributed by atoms with E-state index in [0.717, 1.165) is 11.3 Å². The highest BCUT2D eigenvalue weighted by molar-refractivity contribution is 7.92. The van der Waals surface area contributed by atoms with Gasteiger partial charge in [-0.1, -0.05) is 46.8 Å². The lowest BCUT2D eigenvalue weighted by atomic mass is 9.92. The average Bonchev–Trinajstić information content (AvgIpc) is 2.80. The van der Waals surface area contributed by atoms with Gasteiger partial charge in [-0.25, -0.2) is 8.42 Å². The van der Waals surface area contributed by atoms with E-state index in [1.54, 1.807) is 29.9 Å². The van der Waals surface area contributed by atoms with E-state index in [1.807, 2.05) is 32.9 Å². The van der Waals surface area contributed by atoms with E-state index in [2.05, 4.69) is 23.7 Å². The van der Waals surface area contributed by atoms with Crippen molar-refractivity contribution < 1.29 is 8.42 Å². The van der Waals surface area contributed by atoms with Gasteiger partial charge in [-0.3, -0.25) is 9.40 Å². The lowest BCUT2D eigenvalue weighted by molar-refractivity contribution is 0.553. The molecule has 0 spiro atoms. The van der Waals surface area contributed by atoms with Gasteiger partial charge in [-0.2, -0.15) is 5.10 Å². The zero-order valence-electron chi connectivity index (χ0n) is 14.6. The number of anilines is 1. The number of hydrogen-bond donors (Lipinski definition) is 1. The van der Waals surface area contributed by atoms with Crippen LogP contribution in [-0.4, -0.2) is 18.2 Å². The van der Waals surface area contributed by atoms with Crippen LogP contribution in [0.2, 0.25) is 0 Å². The van der Waals surface area contributed by atoms with E-state index >= 15 is 0 Å². The summed E-state index contributed by atoms with van der Waals surface area (Å²) in [6.45, 7) is 10.3. The molecule has 0 bridgehead atoms. The van der Waals surface area contributed by atoms with Crippen LogP contribution in [0.3, 0.4) is 0 Å². The maximum absolute atomic E-state index is 12.5. The summed E-state index contributed by atoms with van der Waals surface area (Å²) in [7, 11) is -1.89. The van der Waals surface area contributed by atoms with E-state index in [0.29, 0.717) is 11.7 Å². The first-order chi connectivity index (χ1) is 10.5. The van der Waals surface area contributed by atoms with Crippen molar-refractivity contribution in [2.24, 2.45) is 7.05 Å². The third-order valence-electron chi connectivity index (χ3n) is 3.74. The van der Waals surface area contributed by atoms with Crippen molar-refractivity contribution in [3.8, 4) is 0 Å². The Kier molecular flexibility index (Phi) is 4.57. The molecule has 5 nitrogen and oxygen atoms in total. The second-order valence-corrected chi connectivity index (χ2v) is 8.80. The van der Waals surface area contributed by atoms with Crippen LogP contribution in [0.1, 0.15) is 51.8 Å². The number of nitrogens with one attached hydrogen (secondary N) is 1. The molecule has 2 rings (SSSR count). The molecule has 1 aromatic carbocycles. The molecule has 23 heavy (non-hydrogen) atoms. The second-order valence-electron chi connectivity index (χ2n) is 7.12. The van der Waals surface area contributed by atoms with Crippen molar-refractivity contribution in [3.63, 3.8) is 0 Å². The summed E-state index contributed by atoms with van der Waals surface area (Å²) in [4.78, 5) is 0.250. The highest BCUT2D eigenvalue weighted by Crippen LogP contribution is 2.25. The molecule has 0 unspecified atom stereocenters. The molecule has 0 atom stereocenters. The van der Waals surface area contributed by atoms with Crippen LogP contribution >= 0.6 is 0 Å². The Bertz CT molecular complexity index is 782. The largest absolute Gasteiger partial charge is 0.264 e. The predicted octanol–water partition coefficient (Wildman–Crippen LogP) is 3.64. The van der Waals surface area contributed by atoms with E-state index < -0.39 is 10.0 Å². The fourth-order valence-electron chi connectivity index (χ4n) is 2.16. The van der Waals surface area contributed by atoms with Crippen molar-refractivity contribution in [2.75, 3.05) is 4.72 Å². The Hall–Kier alpha value is -1.82. The molecule has 0 radical (unpaired) electrons. The minimum absolute atomic E-state index is 0.139. The van der Waals surface area contributed by atoms with Gasteiger partial charge < -0.3 is 0 Å². The normalized spacial score (nSPS) is 12.7. The summed E-state index contributed by atoms with van der Waals surface area (Å²) in [6.07, 6.45) is 0. The van der Waals surface area contributed by atoms with Crippen LogP contribution in [0.25, 0.3) is 0 Å². The summed E-state index contributed by atoms with van der Waals surface area (Å²) in [6, 6.07) is 8.75. The lowest BCUT2D eigenvalue weighted by Gasteiger charge is -2.13. The number of aryl methyl sites for hydroxylation is 1. The molecule has 0 aliphatic carbocycles. The molecule has 0 amide bonds. The van der Waals surface area contributed by atoms with E-state index in [4.69, 9.17) is 0 Å². The van der Waals surface area contributed by atoms with Gasteiger partial charge in [-0.15, -0.1) is 0 Å². The summed E-state index contributed by atoms with van der Waals surface area (Å²) < 4.78 is 29.3. The van der Waals surface area contributed by atoms with Gasteiger partial charge in [0.25, 0.3) is 10.0 Å². The van der Waals surface area contributed by atoms with E-state index in [1.165, 1.54) is 0 Å². The van der Waals surface area contributed by atoms with Gasteiger partial charge in [0.2, 0.25) is 0 Å². The first-order valence-electron chi connectivity index (χ1n) is 7.68. The molecule has 1 aromatic heterocycles. The Morgan fingerprint density at radius 1 is 1.13 bits per heavy atom. The Morgan fingerprint density at radius 2 is 1.70 bits per heavy atom. The van der Waals surface area contributed by atoms with Crippen LogP contribution in [0.15, 0.2) is 35.2 Å². The number of aromatic nitrogens is 2. The van der Waals surface area contributed by atoms with Crippen molar-refractivity contribution in [1.29, 1.82) is 0 Å². The molecular weight excluding hydrogens is 310 g/mol. The summed E-state index contributed by atoms with van der Waals surface area (Å²) in [5.41, 5.74) is 1.81. The van der Waals surface area contributed by atoms with Crippen LogP contribution in [0, 0.1) is 0 Å². The molecule has 0 saturated heterocycles. The third-order valence-corrected chi connectivity index (χ3v) is 5.11. The lowest BCUT2D eigenvalue weighted by Crippen LogP contribution is -2.15. The maximum atomic E-state index is 12.5. The number of sulfonamides is 1. The molecular formula is C17H25N3O2S. The summed E-state index contributed by atoms with van der Waals surface area (Å²) in [5, 5.41) is 4.39. The van der Waals surface area contributed by atoms with Gasteiger partial charge in [0.15, 0.2) is 0 Å². The zero-order valence-corrected chi connectivity index (χ0v) is 15.4. The van der Waals surface area contributed by atoms with Crippen molar-refractivity contribution >= 4 is 15.8 Å². The molecule has 0 aliphatic heterocycles. The standard InChI is InChI=1S/C17H25N3O2S/c1-12(2)13-7-9-14(10-8-13)23(21,22)19-16-11-15(17(3,4)5)18-20(16)6/h7-12,19H,1-6H3. The summed E-state index contributed by atoms with van der Waals surface area (Å²) >= 11 is 0. The Labute approximate surface area is 138 Å². The third kappa shape index (κ3) is 3.93. The van der Waals surface area contributed by atoms with Gasteiger partial charge >= 0.3 is 0 Å². The topological polar surface area (TPSA) is 64.0 Å². The van der Waals surface area contributed by atoms with Gasteiger partial charge in [-0.05, 0) is 23.6 Å². The second kappa shape index (κ2) is 6.00. The maximum Gasteiger partial charge on any atom is 0.263 e. The first-order valence-corrected chi connectivity index (χ1v) is 9.16. The van der Waals surface area contributed by atoms with Crippen LogP contribution in [-0.2, 0) is 22.5 Å². The molecule has 0 aliphatic rings. The molecule has 6 heteroatoms. The highest BCUT2D eigenvalue weighted by atomic mass is 32.2. The van der Waals surface area contributed by atoms with Gasteiger partial charge in [0.05, 0.1) is 10.6 Å². The minimum atomic E-state index is -3.62. The fourth-order valence-corrected chi connectivity index (χ4v) is 3.24. The monoisotopic (exact) mass is 335 g/mol. The Morgan fingerprint density at radius 3 is 2.13 bits per heavy atom. The molecule has 126 valence electrons. The fraction of sp³-hybridized carbons (Fsp3) is 0.471. The smallest absolute Gasteiger partial charge is 0.263 e. The first kappa shape index (κ1) is 17.5. The quantitative estimate of drug-likeness (QED) is 0.928. The SMILES string of the molecule is CC(C)c1ccc(S(=O)(=O)Nc2cc(C(C)(C)C)nn2C)cc1. The Balaban J connectivity index is 2.30. The van der Waals surface area contributed by atoms with Crippen LogP contribution < -0.4 is 4.72 Å². The zero-order chi connectivity index (χ0) is 17.4. The minimum Gasteiger partial charge on any atom is -0.264 e. The van der Waals surface area contributed by atoms with Crippen molar-refractivity contribution in [3.05, 3.63) is 41.6 Å². The molecule has 1 N–H and O–H groups in total. The summed E-state index contributed by atoms with van der Waals surface area (Å²) in [5.74, 6) is 0.828. The molecule has 2 aromatic rings. The van der Waals surface area contributed by atoms with Crippen molar-refractivity contribution in [2.45, 2.75) is 50.8 Å². The number of hydrogen-bond acceptors (Lipinski definition) is 3. The average molecular weight is 335 g/mol. The molecule has 1 heterocycles. The van der Waals surface area contributed by atoms with Crippen LogP contribution in [0.4, 0.5) is 5.82 Å². The molecule has 0 saturated carbocycles. The van der Waals surface area contributed by atoms with Crippen LogP contribution in [0.5, 0.6) is 0 Å². The number of benzene rings is 1. The predicted molar refractivity (Wildman–Crippen MR) is 93.2 cm³/mol. The molecule has 0 fully saturated rings. The van der Waals surface area contributed by atoms with Crippen molar-refractivity contribution in [1.82, 2.24) is 9.78 Å². The van der Waals surface area contributed by atoms with E-state index in [9.17, 15) is 8.42 Å². The van der Waals surface area contributed by atoms with Gasteiger partial charge in [0, 0.05) is 18.5 Å².